The quantitative estimate of drug-likeness (QED) is 0.718. The number of methoxy groups -OCH3 is 1. The summed E-state index contributed by atoms with van der Waals surface area (Å²) in [5.74, 6) is -0.0700. The first kappa shape index (κ1) is 18.6. The zero-order valence-corrected chi connectivity index (χ0v) is 14.5. The summed E-state index contributed by atoms with van der Waals surface area (Å²) in [7, 11) is -2.51. The van der Waals surface area contributed by atoms with E-state index in [4.69, 9.17) is 9.88 Å². The maximum atomic E-state index is 11.8. The van der Waals surface area contributed by atoms with Gasteiger partial charge in [0, 0.05) is 18.8 Å². The van der Waals surface area contributed by atoms with Crippen LogP contribution in [0.1, 0.15) is 11.3 Å². The molecule has 0 radical (unpaired) electrons. The number of sulfonamides is 1. The highest BCUT2D eigenvalue weighted by Crippen LogP contribution is 2.23. The highest BCUT2D eigenvalue weighted by Gasteiger charge is 2.15. The lowest BCUT2D eigenvalue weighted by molar-refractivity contribution is -0.116. The number of primary sulfonamides is 1. The molecule has 132 valence electrons. The van der Waals surface area contributed by atoms with Crippen LogP contribution in [-0.4, -0.2) is 33.0 Å². The Hall–Kier alpha value is -2.71. The molecule has 1 aromatic heterocycles. The van der Waals surface area contributed by atoms with Crippen LogP contribution in [0.3, 0.4) is 0 Å². The van der Waals surface area contributed by atoms with Crippen LogP contribution in [-0.2, 0) is 21.2 Å². The summed E-state index contributed by atoms with van der Waals surface area (Å²) in [4.78, 5) is 15.8. The third-order valence-electron chi connectivity index (χ3n) is 3.34. The summed E-state index contributed by atoms with van der Waals surface area (Å²) in [6.45, 7) is 0.349. The van der Waals surface area contributed by atoms with Crippen molar-refractivity contribution in [1.82, 2.24) is 10.3 Å². The fourth-order valence-corrected chi connectivity index (χ4v) is 2.87. The number of ether oxygens (including phenoxy) is 1. The summed E-state index contributed by atoms with van der Waals surface area (Å²) >= 11 is 0. The molecule has 0 saturated carbocycles. The number of aromatic nitrogens is 1. The number of rotatable bonds is 7. The second kappa shape index (κ2) is 8.41. The number of carbonyl (C=O) groups excluding carboxylic acids is 1. The molecule has 0 unspecified atom stereocenters. The standard InChI is InChI=1S/C17H19N3O4S/c1-24-15-7-5-13(12-16(15)25(18,22)23)9-11-20-17(21)8-6-14-4-2-3-10-19-14/h2-8,10,12H,9,11H2,1H3,(H,20,21)(H2,18,22,23). The van der Waals surface area contributed by atoms with Crippen LogP contribution < -0.4 is 15.2 Å². The molecule has 0 aliphatic rings. The van der Waals surface area contributed by atoms with E-state index in [1.165, 1.54) is 25.3 Å². The lowest BCUT2D eigenvalue weighted by Gasteiger charge is -2.09. The van der Waals surface area contributed by atoms with Crippen molar-refractivity contribution < 1.29 is 17.9 Å². The average Bonchev–Trinajstić information content (AvgIpc) is 2.60. The maximum absolute atomic E-state index is 11.8. The fraction of sp³-hybridized carbons (Fsp3) is 0.176. The second-order valence-corrected chi connectivity index (χ2v) is 6.69. The summed E-state index contributed by atoms with van der Waals surface area (Å²) in [6.07, 6.45) is 5.11. The first-order valence-corrected chi connectivity index (χ1v) is 9.01. The molecule has 3 N–H and O–H groups in total. The number of nitrogens with one attached hydrogen (secondary N) is 1. The largest absolute Gasteiger partial charge is 0.495 e. The predicted octanol–water partition coefficient (Wildman–Crippen LogP) is 1.11. The van der Waals surface area contributed by atoms with E-state index in [9.17, 15) is 13.2 Å². The average molecular weight is 361 g/mol. The molecule has 0 spiro atoms. The highest BCUT2D eigenvalue weighted by atomic mass is 32.2. The van der Waals surface area contributed by atoms with Crippen LogP contribution in [0, 0.1) is 0 Å². The number of hydrogen-bond donors (Lipinski definition) is 2. The SMILES string of the molecule is COc1ccc(CCNC(=O)C=Cc2ccccn2)cc1S(N)(=O)=O. The Bertz CT molecular complexity index is 865. The first-order chi connectivity index (χ1) is 11.9. The predicted molar refractivity (Wildman–Crippen MR) is 94.4 cm³/mol. The van der Waals surface area contributed by atoms with Crippen molar-refractivity contribution in [2.45, 2.75) is 11.3 Å². The van der Waals surface area contributed by atoms with E-state index in [-0.39, 0.29) is 16.6 Å². The van der Waals surface area contributed by atoms with Gasteiger partial charge in [0.2, 0.25) is 15.9 Å². The normalized spacial score (nSPS) is 11.4. The van der Waals surface area contributed by atoms with Gasteiger partial charge in [-0.25, -0.2) is 13.6 Å². The summed E-state index contributed by atoms with van der Waals surface area (Å²) in [6, 6.07) is 10.1. The molecule has 0 fully saturated rings. The van der Waals surface area contributed by atoms with E-state index < -0.39 is 10.0 Å². The number of carbonyl (C=O) groups is 1. The second-order valence-electron chi connectivity index (χ2n) is 5.16. The Morgan fingerprint density at radius 2 is 2.12 bits per heavy atom. The first-order valence-electron chi connectivity index (χ1n) is 7.47. The third kappa shape index (κ3) is 5.70. The van der Waals surface area contributed by atoms with E-state index in [1.807, 2.05) is 6.07 Å². The molecule has 0 bridgehead atoms. The minimum absolute atomic E-state index is 0.0751. The molecule has 0 aliphatic heterocycles. The Morgan fingerprint density at radius 3 is 2.76 bits per heavy atom. The van der Waals surface area contributed by atoms with Gasteiger partial charge >= 0.3 is 0 Å². The number of pyridine rings is 1. The molecule has 1 aromatic carbocycles. The molecule has 0 aliphatic carbocycles. The van der Waals surface area contributed by atoms with Gasteiger partial charge in [0.1, 0.15) is 10.6 Å². The lowest BCUT2D eigenvalue weighted by atomic mass is 10.1. The van der Waals surface area contributed by atoms with Gasteiger partial charge in [0.25, 0.3) is 0 Å². The minimum Gasteiger partial charge on any atom is -0.495 e. The van der Waals surface area contributed by atoms with Crippen molar-refractivity contribution in [1.29, 1.82) is 0 Å². The van der Waals surface area contributed by atoms with Crippen LogP contribution in [0.25, 0.3) is 6.08 Å². The molecule has 1 heterocycles. The van der Waals surface area contributed by atoms with Crippen molar-refractivity contribution in [2.24, 2.45) is 5.14 Å². The van der Waals surface area contributed by atoms with Crippen molar-refractivity contribution in [2.75, 3.05) is 13.7 Å². The van der Waals surface area contributed by atoms with Gasteiger partial charge in [-0.1, -0.05) is 12.1 Å². The molecular weight excluding hydrogens is 342 g/mol. The number of nitrogens with zero attached hydrogens (tertiary/aromatic N) is 1. The van der Waals surface area contributed by atoms with E-state index in [0.717, 1.165) is 5.56 Å². The Balaban J connectivity index is 1.93. The van der Waals surface area contributed by atoms with E-state index in [1.54, 1.807) is 30.5 Å². The Labute approximate surface area is 146 Å². The molecule has 2 aromatic rings. The van der Waals surface area contributed by atoms with Gasteiger partial charge in [0.15, 0.2) is 0 Å². The van der Waals surface area contributed by atoms with Gasteiger partial charge < -0.3 is 10.1 Å². The third-order valence-corrected chi connectivity index (χ3v) is 4.27. The zero-order valence-electron chi connectivity index (χ0n) is 13.7. The van der Waals surface area contributed by atoms with Gasteiger partial charge in [-0.05, 0) is 42.3 Å². The molecule has 8 heteroatoms. The molecular formula is C17H19N3O4S. The maximum Gasteiger partial charge on any atom is 0.244 e. The van der Waals surface area contributed by atoms with E-state index in [2.05, 4.69) is 10.3 Å². The number of amides is 1. The Kier molecular flexibility index (Phi) is 6.26. The molecule has 7 nitrogen and oxygen atoms in total. The summed E-state index contributed by atoms with van der Waals surface area (Å²) in [5.41, 5.74) is 1.41. The molecule has 1 amide bonds. The van der Waals surface area contributed by atoms with Crippen molar-refractivity contribution in [3.63, 3.8) is 0 Å². The highest BCUT2D eigenvalue weighted by molar-refractivity contribution is 7.89. The van der Waals surface area contributed by atoms with E-state index >= 15 is 0 Å². The van der Waals surface area contributed by atoms with Crippen molar-refractivity contribution >= 4 is 22.0 Å². The zero-order chi connectivity index (χ0) is 18.3. The number of benzene rings is 1. The topological polar surface area (TPSA) is 111 Å². The molecule has 25 heavy (non-hydrogen) atoms. The van der Waals surface area contributed by atoms with Gasteiger partial charge in [0.05, 0.1) is 12.8 Å². The number of hydrogen-bond acceptors (Lipinski definition) is 5. The van der Waals surface area contributed by atoms with Crippen LogP contribution in [0.15, 0.2) is 53.6 Å². The number of nitrogens with two attached hydrogens (primary N) is 1. The smallest absolute Gasteiger partial charge is 0.244 e. The molecule has 0 saturated heterocycles. The Morgan fingerprint density at radius 1 is 1.32 bits per heavy atom. The molecule has 2 rings (SSSR count). The fourth-order valence-electron chi connectivity index (χ4n) is 2.12. The lowest BCUT2D eigenvalue weighted by Crippen LogP contribution is -2.23. The summed E-state index contributed by atoms with van der Waals surface area (Å²) < 4.78 is 28.2. The van der Waals surface area contributed by atoms with Gasteiger partial charge in [-0.2, -0.15) is 0 Å². The van der Waals surface area contributed by atoms with Gasteiger partial charge in [-0.15, -0.1) is 0 Å². The van der Waals surface area contributed by atoms with Crippen LogP contribution >= 0.6 is 0 Å². The van der Waals surface area contributed by atoms with Crippen LogP contribution in [0.4, 0.5) is 0 Å². The summed E-state index contributed by atoms with van der Waals surface area (Å²) in [5, 5.41) is 7.90. The molecule has 0 atom stereocenters. The van der Waals surface area contributed by atoms with Gasteiger partial charge in [-0.3, -0.25) is 9.78 Å². The monoisotopic (exact) mass is 361 g/mol. The van der Waals surface area contributed by atoms with Crippen LogP contribution in [0.5, 0.6) is 5.75 Å². The van der Waals surface area contributed by atoms with Crippen molar-refractivity contribution in [3.8, 4) is 5.75 Å². The van der Waals surface area contributed by atoms with Crippen molar-refractivity contribution in [3.05, 3.63) is 59.9 Å². The van der Waals surface area contributed by atoms with E-state index in [0.29, 0.717) is 18.7 Å². The van der Waals surface area contributed by atoms with Crippen LogP contribution in [0.2, 0.25) is 0 Å². The minimum atomic E-state index is -3.88.